The van der Waals surface area contributed by atoms with Crippen LogP contribution in [-0.4, -0.2) is 32.8 Å². The van der Waals surface area contributed by atoms with Gasteiger partial charge >= 0.3 is 0 Å². The highest BCUT2D eigenvalue weighted by Gasteiger charge is 2.38. The Morgan fingerprint density at radius 2 is 1.20 bits per heavy atom. The zero-order valence-corrected chi connectivity index (χ0v) is 28.4. The van der Waals surface area contributed by atoms with Crippen LogP contribution in [0.1, 0.15) is 58.7 Å². The molecule has 5 aromatic rings. The molecule has 0 bridgehead atoms. The maximum atomic E-state index is 13.3. The molecule has 0 saturated heterocycles. The van der Waals surface area contributed by atoms with Crippen LogP contribution in [0.25, 0.3) is 0 Å². The predicted molar refractivity (Wildman–Crippen MR) is 188 cm³/mol. The lowest BCUT2D eigenvalue weighted by Crippen LogP contribution is -2.47. The maximum Gasteiger partial charge on any atom is 0.261 e. The molecule has 2 heterocycles. The third kappa shape index (κ3) is 5.38. The van der Waals surface area contributed by atoms with Crippen molar-refractivity contribution < 1.29 is 14.0 Å². The fraction of sp³-hybridized carbons (Fsp3) is 0.179. The van der Waals surface area contributed by atoms with Crippen LogP contribution in [0.3, 0.4) is 0 Å². The van der Waals surface area contributed by atoms with Crippen molar-refractivity contribution in [3.05, 3.63) is 144 Å². The average Bonchev–Trinajstić information content (AvgIpc) is 3.30. The number of fused-ring (bicyclic) bond motifs is 3. The van der Waals surface area contributed by atoms with Gasteiger partial charge in [-0.15, -0.1) is 0 Å². The minimum absolute atomic E-state index is 0.189. The van der Waals surface area contributed by atoms with Crippen molar-refractivity contribution in [2.24, 2.45) is 5.41 Å². The van der Waals surface area contributed by atoms with Gasteiger partial charge in [-0.05, 0) is 51.2 Å². The second kappa shape index (κ2) is 12.1. The van der Waals surface area contributed by atoms with Crippen LogP contribution >= 0.6 is 11.8 Å². The van der Waals surface area contributed by atoms with Crippen LogP contribution in [0, 0.1) is 5.41 Å². The second-order valence-corrected chi connectivity index (χ2v) is 16.3. The Labute approximate surface area is 276 Å². The topological polar surface area (TPSA) is 49.9 Å². The number of hydrogen-bond acceptors (Lipinski definition) is 5. The Balaban J connectivity index is 1.28. The highest BCUT2D eigenvalue weighted by atomic mass is 32.2. The van der Waals surface area contributed by atoms with Gasteiger partial charge in [0.1, 0.15) is 0 Å². The van der Waals surface area contributed by atoms with E-state index in [2.05, 4.69) is 118 Å². The van der Waals surface area contributed by atoms with Crippen LogP contribution < -0.4 is 15.3 Å². The lowest BCUT2D eigenvalue weighted by molar-refractivity contribution is 0.0641. The molecule has 0 N–H and O–H groups in total. The van der Waals surface area contributed by atoms with Crippen molar-refractivity contribution in [2.45, 2.75) is 43.2 Å². The van der Waals surface area contributed by atoms with Crippen LogP contribution in [0.5, 0.6) is 0 Å². The first-order valence-corrected chi connectivity index (χ1v) is 18.0. The summed E-state index contributed by atoms with van der Waals surface area (Å²) in [6.45, 7) is 6.95. The van der Waals surface area contributed by atoms with Gasteiger partial charge in [-0.1, -0.05) is 130 Å². The molecule has 0 saturated carbocycles. The number of carbonyl (C=O) groups is 2. The van der Waals surface area contributed by atoms with Crippen LogP contribution in [0.4, 0.5) is 11.4 Å². The van der Waals surface area contributed by atoms with Crippen molar-refractivity contribution in [3.63, 3.8) is 0 Å². The fourth-order valence-corrected chi connectivity index (χ4v) is 10.5. The lowest BCUT2D eigenvalue weighted by Gasteiger charge is -2.38. The summed E-state index contributed by atoms with van der Waals surface area (Å²) < 4.78 is 7.37. The van der Waals surface area contributed by atoms with Gasteiger partial charge < -0.3 is 9.33 Å². The molecule has 46 heavy (non-hydrogen) atoms. The SMILES string of the molecule is CN1c2cccc(CN3C(=O)c4ccccc4C3=O)c2Sc2c(C(O[SiH](c3ccccc3)c3ccccc3)C(C)(C)C)cccc21. The quantitative estimate of drug-likeness (QED) is 0.138. The first-order chi connectivity index (χ1) is 22.2. The number of nitrogens with zero attached hydrogens (tertiary/aromatic N) is 2. The summed E-state index contributed by atoms with van der Waals surface area (Å²) in [4.78, 5) is 32.4. The molecule has 7 heteroatoms. The summed E-state index contributed by atoms with van der Waals surface area (Å²) in [5.41, 5.74) is 4.99. The molecule has 7 rings (SSSR count). The Bertz CT molecular complexity index is 1870. The van der Waals surface area contributed by atoms with E-state index in [-0.39, 0.29) is 29.9 Å². The Morgan fingerprint density at radius 1 is 0.674 bits per heavy atom. The third-order valence-electron chi connectivity index (χ3n) is 8.78. The minimum Gasteiger partial charge on any atom is -0.403 e. The summed E-state index contributed by atoms with van der Waals surface area (Å²) in [6.07, 6.45) is -0.189. The van der Waals surface area contributed by atoms with E-state index in [9.17, 15) is 9.59 Å². The van der Waals surface area contributed by atoms with Crippen molar-refractivity contribution in [1.29, 1.82) is 0 Å². The number of rotatable bonds is 7. The molecule has 0 aliphatic carbocycles. The van der Waals surface area contributed by atoms with E-state index in [1.165, 1.54) is 15.3 Å². The molecule has 1 unspecified atom stereocenters. The van der Waals surface area contributed by atoms with E-state index in [0.717, 1.165) is 32.3 Å². The number of imide groups is 1. The van der Waals surface area contributed by atoms with Gasteiger partial charge in [0.25, 0.3) is 11.8 Å². The van der Waals surface area contributed by atoms with E-state index in [4.69, 9.17) is 4.43 Å². The van der Waals surface area contributed by atoms with Gasteiger partial charge in [0.15, 0.2) is 0 Å². The molecule has 2 amide bonds. The summed E-state index contributed by atoms with van der Waals surface area (Å²) in [6, 6.07) is 40.9. The number of hydrogen-bond donors (Lipinski definition) is 0. The average molecular weight is 641 g/mol. The zero-order valence-electron chi connectivity index (χ0n) is 26.4. The molecule has 5 nitrogen and oxygen atoms in total. The van der Waals surface area contributed by atoms with Crippen molar-refractivity contribution >= 4 is 54.4 Å². The van der Waals surface area contributed by atoms with Gasteiger partial charge in [-0.3, -0.25) is 14.5 Å². The van der Waals surface area contributed by atoms with Crippen molar-refractivity contribution in [2.75, 3.05) is 11.9 Å². The number of anilines is 2. The summed E-state index contributed by atoms with van der Waals surface area (Å²) in [5.74, 6) is -0.486. The molecular weight excluding hydrogens is 605 g/mol. The predicted octanol–water partition coefficient (Wildman–Crippen LogP) is 7.36. The van der Waals surface area contributed by atoms with E-state index < -0.39 is 9.04 Å². The summed E-state index contributed by atoms with van der Waals surface area (Å²) >= 11 is 1.72. The number of amides is 2. The van der Waals surface area contributed by atoms with E-state index >= 15 is 0 Å². The first kappa shape index (κ1) is 30.2. The molecule has 2 aliphatic heterocycles. The molecule has 5 aromatic carbocycles. The molecule has 0 spiro atoms. The normalized spacial score (nSPS) is 14.7. The van der Waals surface area contributed by atoms with Gasteiger partial charge in [0, 0.05) is 16.8 Å². The van der Waals surface area contributed by atoms with Crippen LogP contribution in [0.15, 0.2) is 131 Å². The molecule has 2 aliphatic rings. The fourth-order valence-electron chi connectivity index (χ4n) is 6.47. The van der Waals surface area contributed by atoms with Gasteiger partial charge in [0.05, 0.1) is 35.2 Å². The van der Waals surface area contributed by atoms with Crippen molar-refractivity contribution in [3.8, 4) is 0 Å². The largest absolute Gasteiger partial charge is 0.403 e. The molecule has 0 fully saturated rings. The van der Waals surface area contributed by atoms with Crippen LogP contribution in [0.2, 0.25) is 0 Å². The van der Waals surface area contributed by atoms with Gasteiger partial charge in [0.2, 0.25) is 9.04 Å². The Morgan fingerprint density at radius 3 is 1.76 bits per heavy atom. The van der Waals surface area contributed by atoms with Gasteiger partial charge in [-0.25, -0.2) is 0 Å². The van der Waals surface area contributed by atoms with E-state index in [1.807, 2.05) is 12.1 Å². The number of benzene rings is 5. The van der Waals surface area contributed by atoms with Crippen molar-refractivity contribution in [1.82, 2.24) is 4.90 Å². The Hall–Kier alpha value is -4.43. The lowest BCUT2D eigenvalue weighted by atomic mass is 9.84. The molecule has 0 aromatic heterocycles. The smallest absolute Gasteiger partial charge is 0.261 e. The van der Waals surface area contributed by atoms with E-state index in [1.54, 1.807) is 36.0 Å². The standard InChI is InChI=1S/C39H36N2O3SSi/c1-39(2,3)36(44-46(27-16-7-5-8-17-27)28-18-9-6-10-19-28)31-22-14-24-33-35(31)45-34-26(15-13-23-32(34)40(33)4)25-41-37(42)29-20-11-12-21-30(29)38(41)43/h5-24,36,46H,25H2,1-4H3. The van der Waals surface area contributed by atoms with Gasteiger partial charge in [-0.2, -0.15) is 0 Å². The molecule has 230 valence electrons. The molecule has 1 atom stereocenters. The second-order valence-electron chi connectivity index (χ2n) is 12.9. The zero-order chi connectivity index (χ0) is 32.0. The minimum atomic E-state index is -2.08. The van der Waals surface area contributed by atoms with Crippen LogP contribution in [-0.2, 0) is 11.0 Å². The number of carbonyl (C=O) groups excluding carboxylic acids is 2. The molecular formula is C39H36N2O3SSi. The molecule has 0 radical (unpaired) electrons. The highest BCUT2D eigenvalue weighted by Crippen LogP contribution is 2.53. The Kier molecular flexibility index (Phi) is 7.93. The van der Waals surface area contributed by atoms with E-state index in [0.29, 0.717) is 11.1 Å². The monoisotopic (exact) mass is 640 g/mol. The summed E-state index contributed by atoms with van der Waals surface area (Å²) in [7, 11) is 0.0102. The highest BCUT2D eigenvalue weighted by molar-refractivity contribution is 7.99. The summed E-state index contributed by atoms with van der Waals surface area (Å²) in [5, 5.41) is 2.48. The maximum absolute atomic E-state index is 13.3. The third-order valence-corrected chi connectivity index (χ3v) is 12.6. The first-order valence-electron chi connectivity index (χ1n) is 15.6.